The molecule has 0 bridgehead atoms. The normalized spacial score (nSPS) is 14.9. The van der Waals surface area contributed by atoms with Gasteiger partial charge in [-0.15, -0.1) is 0 Å². The Hall–Kier alpha value is -2.01. The van der Waals surface area contributed by atoms with Crippen molar-refractivity contribution in [3.8, 4) is 5.75 Å². The van der Waals surface area contributed by atoms with E-state index < -0.39 is 10.0 Å². The minimum atomic E-state index is -3.51. The van der Waals surface area contributed by atoms with Crippen molar-refractivity contribution in [2.45, 2.75) is 44.4 Å². The Bertz CT molecular complexity index is 1110. The molecule has 34 heavy (non-hydrogen) atoms. The Morgan fingerprint density at radius 2 is 1.74 bits per heavy atom. The number of hydrogen-bond acceptors (Lipinski definition) is 5. The summed E-state index contributed by atoms with van der Waals surface area (Å²) in [6, 6.07) is 11.5. The SMILES string of the molecule is CC(C)COc1ccc(C(=O)NC(=S)Nc2ccc(S(=O)(=O)N3CCCCCC3)cc2)cc1Br. The standard InChI is InChI=1S/C24H30BrN3O4S2/c1-17(2)16-32-22-12-7-18(15-21(22)25)23(29)27-24(33)26-19-8-10-20(11-9-19)34(30,31)28-13-5-3-4-6-14-28/h7-12,15,17H,3-6,13-14,16H2,1-2H3,(H2,26,27,29,33). The van der Waals surface area contributed by atoms with E-state index in [1.54, 1.807) is 46.8 Å². The van der Waals surface area contributed by atoms with Gasteiger partial charge in [0.1, 0.15) is 5.75 Å². The molecule has 184 valence electrons. The number of benzene rings is 2. The summed E-state index contributed by atoms with van der Waals surface area (Å²) in [4.78, 5) is 12.8. The van der Waals surface area contributed by atoms with E-state index in [4.69, 9.17) is 17.0 Å². The maximum absolute atomic E-state index is 12.9. The fourth-order valence-corrected chi connectivity index (χ4v) is 5.72. The highest BCUT2D eigenvalue weighted by Crippen LogP contribution is 2.26. The number of thiocarbonyl (C=S) groups is 1. The lowest BCUT2D eigenvalue weighted by atomic mass is 10.2. The van der Waals surface area contributed by atoms with Gasteiger partial charge in [-0.25, -0.2) is 8.42 Å². The quantitative estimate of drug-likeness (QED) is 0.448. The van der Waals surface area contributed by atoms with Gasteiger partial charge in [-0.3, -0.25) is 10.1 Å². The first-order valence-corrected chi connectivity index (χ1v) is 14.0. The molecule has 0 saturated carbocycles. The molecule has 3 rings (SSSR count). The third-order valence-corrected chi connectivity index (χ3v) is 8.04. The summed E-state index contributed by atoms with van der Waals surface area (Å²) in [5.74, 6) is 0.692. The molecule has 1 amide bonds. The van der Waals surface area contributed by atoms with Crippen LogP contribution in [0.2, 0.25) is 0 Å². The molecule has 1 heterocycles. The second-order valence-corrected chi connectivity index (χ2v) is 11.8. The molecule has 7 nitrogen and oxygen atoms in total. The first kappa shape index (κ1) is 26.6. The lowest BCUT2D eigenvalue weighted by Crippen LogP contribution is -2.34. The lowest BCUT2D eigenvalue weighted by molar-refractivity contribution is 0.0977. The van der Waals surface area contributed by atoms with Crippen LogP contribution in [-0.4, -0.2) is 43.4 Å². The van der Waals surface area contributed by atoms with Gasteiger partial charge in [-0.2, -0.15) is 4.31 Å². The number of hydrogen-bond donors (Lipinski definition) is 2. The van der Waals surface area contributed by atoms with Gasteiger partial charge in [0.25, 0.3) is 5.91 Å². The van der Waals surface area contributed by atoms with Crippen LogP contribution in [0.25, 0.3) is 0 Å². The van der Waals surface area contributed by atoms with Crippen molar-refractivity contribution in [3.63, 3.8) is 0 Å². The molecule has 0 unspecified atom stereocenters. The van der Waals surface area contributed by atoms with Gasteiger partial charge in [-0.05, 0) is 89.4 Å². The summed E-state index contributed by atoms with van der Waals surface area (Å²) >= 11 is 8.69. The van der Waals surface area contributed by atoms with Crippen molar-refractivity contribution >= 4 is 54.9 Å². The number of rotatable bonds is 7. The molecule has 10 heteroatoms. The number of halogens is 1. The minimum Gasteiger partial charge on any atom is -0.492 e. The van der Waals surface area contributed by atoms with Crippen LogP contribution in [0.1, 0.15) is 49.9 Å². The predicted octanol–water partition coefficient (Wildman–Crippen LogP) is 5.18. The van der Waals surface area contributed by atoms with Gasteiger partial charge >= 0.3 is 0 Å². The lowest BCUT2D eigenvalue weighted by Gasteiger charge is -2.20. The van der Waals surface area contributed by atoms with Crippen molar-refractivity contribution in [2.24, 2.45) is 5.92 Å². The number of anilines is 1. The van der Waals surface area contributed by atoms with Crippen LogP contribution in [0.15, 0.2) is 51.8 Å². The van der Waals surface area contributed by atoms with Crippen molar-refractivity contribution in [1.29, 1.82) is 0 Å². The van der Waals surface area contributed by atoms with Crippen molar-refractivity contribution in [3.05, 3.63) is 52.5 Å². The number of ether oxygens (including phenoxy) is 1. The largest absolute Gasteiger partial charge is 0.492 e. The van der Waals surface area contributed by atoms with E-state index in [0.717, 1.165) is 25.7 Å². The summed E-state index contributed by atoms with van der Waals surface area (Å²) in [5, 5.41) is 5.68. The third-order valence-electron chi connectivity index (χ3n) is 5.31. The molecule has 0 radical (unpaired) electrons. The van der Waals surface area contributed by atoms with Gasteiger partial charge in [0.2, 0.25) is 10.0 Å². The molecule has 1 aliphatic rings. The molecular formula is C24H30BrN3O4S2. The highest BCUT2D eigenvalue weighted by Gasteiger charge is 2.25. The first-order chi connectivity index (χ1) is 16.2. The van der Waals surface area contributed by atoms with E-state index in [2.05, 4.69) is 40.4 Å². The molecule has 2 aromatic carbocycles. The van der Waals surface area contributed by atoms with Gasteiger partial charge in [0.05, 0.1) is 16.0 Å². The number of nitrogens with one attached hydrogen (secondary N) is 2. The number of sulfonamides is 1. The summed E-state index contributed by atoms with van der Waals surface area (Å²) in [6.07, 6.45) is 3.89. The molecule has 2 N–H and O–H groups in total. The Morgan fingerprint density at radius 1 is 1.09 bits per heavy atom. The van der Waals surface area contributed by atoms with Gasteiger partial charge in [-0.1, -0.05) is 26.7 Å². The van der Waals surface area contributed by atoms with Crippen LogP contribution in [0.4, 0.5) is 5.69 Å². The average Bonchev–Trinajstić information content (AvgIpc) is 3.08. The monoisotopic (exact) mass is 567 g/mol. The Balaban J connectivity index is 1.58. The zero-order chi connectivity index (χ0) is 24.7. The van der Waals surface area contributed by atoms with E-state index in [1.165, 1.54) is 0 Å². The van der Waals surface area contributed by atoms with E-state index in [0.29, 0.717) is 47.1 Å². The maximum atomic E-state index is 12.9. The molecule has 1 fully saturated rings. The number of carbonyl (C=O) groups is 1. The molecule has 0 spiro atoms. The van der Waals surface area contributed by atoms with E-state index in [-0.39, 0.29) is 15.9 Å². The number of carbonyl (C=O) groups excluding carboxylic acids is 1. The minimum absolute atomic E-state index is 0.115. The highest BCUT2D eigenvalue weighted by atomic mass is 79.9. The zero-order valence-corrected chi connectivity index (χ0v) is 22.6. The van der Waals surface area contributed by atoms with Gasteiger partial charge in [0.15, 0.2) is 5.11 Å². The van der Waals surface area contributed by atoms with Crippen LogP contribution < -0.4 is 15.4 Å². The predicted molar refractivity (Wildman–Crippen MR) is 142 cm³/mol. The van der Waals surface area contributed by atoms with Crippen molar-refractivity contribution in [1.82, 2.24) is 9.62 Å². The van der Waals surface area contributed by atoms with E-state index >= 15 is 0 Å². The van der Waals surface area contributed by atoms with Crippen LogP contribution in [0.3, 0.4) is 0 Å². The van der Waals surface area contributed by atoms with E-state index in [1.807, 2.05) is 0 Å². The fraction of sp³-hybridized carbons (Fsp3) is 0.417. The Kier molecular flexibility index (Phi) is 9.47. The van der Waals surface area contributed by atoms with Crippen molar-refractivity contribution < 1.29 is 17.9 Å². The number of amides is 1. The smallest absolute Gasteiger partial charge is 0.257 e. The summed E-state index contributed by atoms with van der Waals surface area (Å²) in [6.45, 7) is 5.81. The molecule has 1 saturated heterocycles. The molecular weight excluding hydrogens is 538 g/mol. The van der Waals surface area contributed by atoms with Crippen LogP contribution in [-0.2, 0) is 10.0 Å². The van der Waals surface area contributed by atoms with Gasteiger partial charge in [0, 0.05) is 24.3 Å². The van der Waals surface area contributed by atoms with Crippen LogP contribution >= 0.6 is 28.1 Å². The molecule has 1 aliphatic heterocycles. The second-order valence-electron chi connectivity index (χ2n) is 8.60. The highest BCUT2D eigenvalue weighted by molar-refractivity contribution is 9.10. The maximum Gasteiger partial charge on any atom is 0.257 e. The van der Waals surface area contributed by atoms with Crippen LogP contribution in [0.5, 0.6) is 5.75 Å². The Labute approximate surface area is 215 Å². The molecule has 0 atom stereocenters. The third kappa shape index (κ3) is 7.24. The second kappa shape index (κ2) is 12.1. The first-order valence-electron chi connectivity index (χ1n) is 11.3. The summed E-state index contributed by atoms with van der Waals surface area (Å²) < 4.78 is 33.8. The molecule has 2 aromatic rings. The fourth-order valence-electron chi connectivity index (χ4n) is 3.49. The summed E-state index contributed by atoms with van der Waals surface area (Å²) in [5.41, 5.74) is 1.01. The van der Waals surface area contributed by atoms with Gasteiger partial charge < -0.3 is 10.1 Å². The summed E-state index contributed by atoms with van der Waals surface area (Å²) in [7, 11) is -3.51. The van der Waals surface area contributed by atoms with E-state index in [9.17, 15) is 13.2 Å². The van der Waals surface area contributed by atoms with Crippen molar-refractivity contribution in [2.75, 3.05) is 25.0 Å². The Morgan fingerprint density at radius 3 is 2.32 bits per heavy atom. The zero-order valence-electron chi connectivity index (χ0n) is 19.3. The molecule has 0 aliphatic carbocycles. The number of nitrogens with zero attached hydrogens (tertiary/aromatic N) is 1. The van der Waals surface area contributed by atoms with Crippen LogP contribution in [0, 0.1) is 5.92 Å². The molecule has 0 aromatic heterocycles. The topological polar surface area (TPSA) is 87.7 Å². The average molecular weight is 569 g/mol.